The standard InChI is InChI=1S/C26H28ClF3N8O.C23H27F6N7O.C23H22F3N7O.C22H24F3N7O2/c1-16-13-36(23-18-6-8-35(21-4-2-3-7-31-21)14-20(18)32-12-19(23)27)9-5-17(16)24(39)37-10-11-38-22(15-37)33-34-25(38)26(28,29)30;1-14-10-34(18-2-5-30-17-11-33(6-3-16(17)18)13-22(24,25)26)7-4-15(14)20(37)35-8-9-36-19(12-35)31-32-21(36)23(27,28)29;1-14-12-31(19-4-6-28-18-10-15(11-27)2-3-17(18)19)7-5-16(14)21(34)32-8-9-33-20(13-32)29-30-22(33)23(24,25)26;1-13-11-30(17-3-5-26-16-9-14(34-2)10-27-19(16)17)6-4-15(13)20(33)31-7-8-32-18(12-31)28-29-21(32)22(23,24)25/h2-4,7,12,16-17H,5-6,8-11,13-15H2,1H3;2,5,14-15H,3-4,6-13H2,1H3;2-4,6,10,14,16H,5,7-9,12-13H2,1H3;3,5,9-10,13,15H,4,6-8,11-12H2,1-2H3/t16-,17+;14-,15+;14-,16+;13-,15+/m1111/s1. The van der Waals surface area contributed by atoms with Gasteiger partial charge in [0.15, 0.2) is 23.3 Å². The topological polar surface area (TPSA) is 334 Å². The van der Waals surface area contributed by atoms with E-state index >= 15 is 0 Å². The lowest BCUT2D eigenvalue weighted by molar-refractivity contribution is -0.149. The second-order valence-corrected chi connectivity index (χ2v) is 38.4. The number of amides is 4. The van der Waals surface area contributed by atoms with E-state index in [4.69, 9.17) is 21.6 Å². The molecule has 8 atom stereocenters. The molecule has 50 heteroatoms. The zero-order valence-electron chi connectivity index (χ0n) is 78.8. The summed E-state index contributed by atoms with van der Waals surface area (Å²) >= 11 is 6.70. The van der Waals surface area contributed by atoms with Crippen molar-refractivity contribution >= 4 is 85.7 Å². The highest BCUT2D eigenvalue weighted by molar-refractivity contribution is 6.33. The van der Waals surface area contributed by atoms with Crippen molar-refractivity contribution in [1.82, 2.24) is 113 Å². The molecule has 10 aliphatic rings. The summed E-state index contributed by atoms with van der Waals surface area (Å²) in [6.07, 6.45) is -8.60. The Morgan fingerprint density at radius 3 is 1.28 bits per heavy atom. The van der Waals surface area contributed by atoms with Gasteiger partial charge in [0.05, 0.1) is 103 Å². The van der Waals surface area contributed by atoms with Gasteiger partial charge in [-0.05, 0) is 116 Å². The van der Waals surface area contributed by atoms with Crippen molar-refractivity contribution in [2.24, 2.45) is 47.3 Å². The summed E-state index contributed by atoms with van der Waals surface area (Å²) in [5, 5.41) is 38.6. The van der Waals surface area contributed by atoms with Crippen LogP contribution in [0.25, 0.3) is 21.9 Å². The molecule has 4 saturated heterocycles. The van der Waals surface area contributed by atoms with Crippen LogP contribution in [0.1, 0.15) is 128 Å². The van der Waals surface area contributed by atoms with Crippen molar-refractivity contribution in [1.29, 1.82) is 5.26 Å². The number of piperidine rings is 4. The molecule has 0 radical (unpaired) electrons. The third kappa shape index (κ3) is 21.1. The lowest BCUT2D eigenvalue weighted by atomic mass is 9.85. The normalized spacial score (nSPS) is 21.6. The number of pyridine rings is 6. The number of hydrogen-bond donors (Lipinski definition) is 0. The van der Waals surface area contributed by atoms with E-state index < -0.39 is 60.7 Å². The van der Waals surface area contributed by atoms with Crippen molar-refractivity contribution in [2.75, 3.05) is 130 Å². The number of fused-ring (bicyclic) bond motifs is 8. The zero-order chi connectivity index (χ0) is 102. The summed E-state index contributed by atoms with van der Waals surface area (Å²) < 4.78 is 205. The number of aromatic nitrogens is 18. The van der Waals surface area contributed by atoms with Gasteiger partial charge in [-0.3, -0.25) is 44.0 Å². The first-order valence-electron chi connectivity index (χ1n) is 47.4. The summed E-state index contributed by atoms with van der Waals surface area (Å²) in [5.41, 5.74) is 10.4. The van der Waals surface area contributed by atoms with Crippen LogP contribution in [0.4, 0.5) is 94.4 Å². The van der Waals surface area contributed by atoms with Crippen molar-refractivity contribution < 1.29 is 89.8 Å². The van der Waals surface area contributed by atoms with Crippen LogP contribution in [0.3, 0.4) is 0 Å². The maximum Gasteiger partial charge on any atom is 0.451 e. The number of rotatable bonds is 11. The van der Waals surface area contributed by atoms with E-state index in [1.165, 1.54) is 4.90 Å². The van der Waals surface area contributed by atoms with Crippen LogP contribution in [-0.4, -0.2) is 249 Å². The maximum atomic E-state index is 13.5. The lowest BCUT2D eigenvalue weighted by Crippen LogP contribution is -2.49. The van der Waals surface area contributed by atoms with Crippen LogP contribution in [0.15, 0.2) is 97.8 Å². The van der Waals surface area contributed by atoms with Crippen LogP contribution in [0.2, 0.25) is 5.02 Å². The number of benzene rings is 1. The number of anilines is 5. The number of halogens is 16. The minimum absolute atomic E-state index is 0.00927. The van der Waals surface area contributed by atoms with Gasteiger partial charge in [-0.25, -0.2) is 9.97 Å². The first kappa shape index (κ1) is 101. The van der Waals surface area contributed by atoms with E-state index in [0.29, 0.717) is 120 Å². The van der Waals surface area contributed by atoms with Crippen molar-refractivity contribution in [2.45, 2.75) is 163 Å². The van der Waals surface area contributed by atoms with E-state index in [2.05, 4.69) is 101 Å². The van der Waals surface area contributed by atoms with Crippen LogP contribution < -0.4 is 29.2 Å². The SMILES string of the molecule is COc1cnc2c(N3CC[C@H](C(=O)N4CCn5c(nnc5C(F)(F)F)C4)[C@H](C)C3)ccnc2c1.C[C@@H]1CN(c2c(Cl)cnc3c2CCN(c2ccccn2)C3)CC[C@@H]1C(=O)N1CCn2c(nnc2C(F)(F)F)C1.C[C@@H]1CN(c2ccnc3c2CCN(CC(F)(F)F)C3)CC[C@@H]1C(=O)N1CCn2c(nnc2C(F)(F)F)C1.C[C@@H]1CN(c2ccnc3cc(C#N)ccc23)CC[C@@H]1C(=O)N1CCn2c(nnc2C(F)(F)F)C1. The van der Waals surface area contributed by atoms with Gasteiger partial charge >= 0.3 is 30.9 Å². The molecule has 0 N–H and O–H groups in total. The molecule has 34 nitrogen and oxygen atoms in total. The number of alkyl halides is 15. The molecule has 764 valence electrons. The monoisotopic (exact) mass is 2040 g/mol. The summed E-state index contributed by atoms with van der Waals surface area (Å²) in [4.78, 5) is 98.9. The van der Waals surface area contributed by atoms with Gasteiger partial charge in [0.1, 0.15) is 17.1 Å². The van der Waals surface area contributed by atoms with Crippen LogP contribution in [0, 0.1) is 58.7 Å². The molecule has 0 unspecified atom stereocenters. The van der Waals surface area contributed by atoms with Gasteiger partial charge in [-0.1, -0.05) is 45.4 Å². The number of ether oxygens (including phenoxy) is 1. The Morgan fingerprint density at radius 2 is 0.833 bits per heavy atom. The molecular weight excluding hydrogens is 1940 g/mol. The molecule has 4 fully saturated rings. The average molecular weight is 2040 g/mol. The van der Waals surface area contributed by atoms with Gasteiger partial charge in [0.25, 0.3) is 0 Å². The van der Waals surface area contributed by atoms with E-state index in [1.807, 2.05) is 76.2 Å². The van der Waals surface area contributed by atoms with E-state index in [-0.39, 0.29) is 179 Å². The quantitative estimate of drug-likeness (QED) is 0.109. The van der Waals surface area contributed by atoms with Crippen molar-refractivity contribution in [3.8, 4) is 11.8 Å². The first-order chi connectivity index (χ1) is 68.6. The Bertz CT molecular complexity index is 6630. The van der Waals surface area contributed by atoms with Gasteiger partial charge < -0.3 is 67.1 Å². The molecule has 20 heterocycles. The van der Waals surface area contributed by atoms with E-state index in [0.717, 1.165) is 98.6 Å². The Kier molecular flexibility index (Phi) is 28.4. The highest BCUT2D eigenvalue weighted by Crippen LogP contribution is 2.45. The van der Waals surface area contributed by atoms with E-state index in [1.54, 1.807) is 76.0 Å². The molecule has 11 aromatic rings. The Balaban J connectivity index is 0.000000127. The average Bonchev–Trinajstić information content (AvgIpc) is 1.75. The Labute approximate surface area is 819 Å². The molecule has 10 aromatic heterocycles. The molecule has 144 heavy (non-hydrogen) atoms. The van der Waals surface area contributed by atoms with Gasteiger partial charge in [0, 0.05) is 207 Å². The smallest absolute Gasteiger partial charge is 0.451 e. The summed E-state index contributed by atoms with van der Waals surface area (Å²) in [7, 11) is 1.58. The van der Waals surface area contributed by atoms with E-state index in [9.17, 15) is 85.0 Å². The van der Waals surface area contributed by atoms with Crippen LogP contribution in [0.5, 0.6) is 5.75 Å². The third-order valence-corrected chi connectivity index (χ3v) is 29.1. The molecule has 1 aromatic carbocycles. The summed E-state index contributed by atoms with van der Waals surface area (Å²) in [6, 6.07) is 21.0. The first-order valence-corrected chi connectivity index (χ1v) is 47.8. The molecule has 21 rings (SSSR count). The fraction of sp³-hybridized carbons (Fsp3) is 0.521. The molecule has 0 spiro atoms. The number of carbonyl (C=O) groups is 4. The number of carbonyl (C=O) groups excluding carboxylic acids is 4. The summed E-state index contributed by atoms with van der Waals surface area (Å²) in [6.45, 7) is 15.1. The fourth-order valence-corrected chi connectivity index (χ4v) is 21.9. The van der Waals surface area contributed by atoms with Gasteiger partial charge in [-0.2, -0.15) is 71.1 Å². The zero-order valence-corrected chi connectivity index (χ0v) is 79.6. The minimum atomic E-state index is -4.60. The molecule has 4 amide bonds. The molecule has 0 bridgehead atoms. The largest absolute Gasteiger partial charge is 0.495 e. The highest BCUT2D eigenvalue weighted by Gasteiger charge is 2.49. The maximum absolute atomic E-state index is 13.5. The second kappa shape index (κ2) is 40.6. The summed E-state index contributed by atoms with van der Waals surface area (Å²) in [5.74, 6) is -2.97. The predicted molar refractivity (Wildman–Crippen MR) is 490 cm³/mol. The second-order valence-electron chi connectivity index (χ2n) is 38.0. The van der Waals surface area contributed by atoms with Crippen LogP contribution >= 0.6 is 11.6 Å². The number of hydrogen-bond acceptors (Lipinski definition) is 26. The highest BCUT2D eigenvalue weighted by atomic mass is 35.5. The Morgan fingerprint density at radius 1 is 0.410 bits per heavy atom. The lowest BCUT2D eigenvalue weighted by Gasteiger charge is -2.42. The molecule has 0 saturated carbocycles. The van der Waals surface area contributed by atoms with Crippen molar-refractivity contribution in [3.63, 3.8) is 0 Å². The third-order valence-electron chi connectivity index (χ3n) is 28.8. The number of nitriles is 1. The molecule has 10 aliphatic heterocycles. The molecule has 0 aliphatic carbocycles. The van der Waals surface area contributed by atoms with Crippen molar-refractivity contribution in [3.05, 3.63) is 178 Å². The predicted octanol–water partition coefficient (Wildman–Crippen LogP) is 12.9. The molecular formula is C94H101ClF15N29O5. The fourth-order valence-electron chi connectivity index (χ4n) is 21.6. The van der Waals surface area contributed by atoms with Gasteiger partial charge in [0.2, 0.25) is 46.9 Å². The number of nitrogens with zero attached hydrogens (tertiary/aromatic N) is 29. The minimum Gasteiger partial charge on any atom is -0.495 e. The van der Waals surface area contributed by atoms with Gasteiger partial charge in [-0.15, -0.1) is 40.8 Å². The number of methoxy groups -OCH3 is 1. The Hall–Kier alpha value is -13.4. The van der Waals surface area contributed by atoms with Crippen LogP contribution in [-0.2, 0) is 122 Å².